The fourth-order valence-corrected chi connectivity index (χ4v) is 3.52. The summed E-state index contributed by atoms with van der Waals surface area (Å²) in [5.74, 6) is -2.65. The van der Waals surface area contributed by atoms with Gasteiger partial charge in [-0.1, -0.05) is 6.08 Å². The Kier molecular flexibility index (Phi) is 3.78. The first-order valence-electron chi connectivity index (χ1n) is 7.91. The molecule has 2 saturated heterocycles. The SMILES string of the molecule is C[C@@H]1C(=O)O[C@@H]2CCN3CC=C(COC(=O)[C@@](C)(O)[C@]1(C)O)C23. The van der Waals surface area contributed by atoms with Crippen LogP contribution in [0.25, 0.3) is 0 Å². The van der Waals surface area contributed by atoms with E-state index >= 15 is 0 Å². The van der Waals surface area contributed by atoms with Crippen molar-refractivity contribution in [3.8, 4) is 0 Å². The maximum absolute atomic E-state index is 12.4. The van der Waals surface area contributed by atoms with Crippen LogP contribution in [0, 0.1) is 5.92 Å². The molecule has 0 aliphatic carbocycles. The second-order valence-corrected chi connectivity index (χ2v) is 7.00. The van der Waals surface area contributed by atoms with Crippen molar-refractivity contribution in [3.05, 3.63) is 11.6 Å². The van der Waals surface area contributed by atoms with Gasteiger partial charge in [-0.25, -0.2) is 4.79 Å². The van der Waals surface area contributed by atoms with Crippen LogP contribution >= 0.6 is 0 Å². The van der Waals surface area contributed by atoms with E-state index in [2.05, 4.69) is 4.90 Å². The summed E-state index contributed by atoms with van der Waals surface area (Å²) in [7, 11) is 0. The molecular weight excluding hydrogens is 302 g/mol. The first kappa shape index (κ1) is 16.4. The van der Waals surface area contributed by atoms with E-state index in [4.69, 9.17) is 9.47 Å². The normalized spacial score (nSPS) is 44.9. The van der Waals surface area contributed by atoms with E-state index in [0.29, 0.717) is 6.42 Å². The molecule has 1 unspecified atom stereocenters. The van der Waals surface area contributed by atoms with Crippen molar-refractivity contribution in [2.24, 2.45) is 5.92 Å². The van der Waals surface area contributed by atoms with Crippen LogP contribution < -0.4 is 0 Å². The molecule has 5 atom stereocenters. The molecule has 3 rings (SSSR count). The third-order valence-corrected chi connectivity index (χ3v) is 5.63. The molecule has 7 heteroatoms. The smallest absolute Gasteiger partial charge is 0.341 e. The molecule has 0 amide bonds. The highest BCUT2D eigenvalue weighted by Gasteiger charge is 2.56. The summed E-state index contributed by atoms with van der Waals surface area (Å²) in [6, 6.07) is -0.0908. The lowest BCUT2D eigenvalue weighted by Gasteiger charge is -2.39. The van der Waals surface area contributed by atoms with Gasteiger partial charge in [0, 0.05) is 13.1 Å². The number of hydrogen-bond donors (Lipinski definition) is 2. The van der Waals surface area contributed by atoms with Gasteiger partial charge in [0.05, 0.1) is 12.0 Å². The fraction of sp³-hybridized carbons (Fsp3) is 0.750. The van der Waals surface area contributed by atoms with Crippen LogP contribution in [0.5, 0.6) is 0 Å². The van der Waals surface area contributed by atoms with Gasteiger partial charge in [-0.15, -0.1) is 0 Å². The van der Waals surface area contributed by atoms with Crippen molar-refractivity contribution < 1.29 is 29.3 Å². The van der Waals surface area contributed by atoms with E-state index in [9.17, 15) is 19.8 Å². The Morgan fingerprint density at radius 3 is 2.70 bits per heavy atom. The molecule has 128 valence electrons. The summed E-state index contributed by atoms with van der Waals surface area (Å²) < 4.78 is 10.8. The summed E-state index contributed by atoms with van der Waals surface area (Å²) in [5, 5.41) is 21.1. The topological polar surface area (TPSA) is 96.3 Å². The molecule has 3 aliphatic rings. The van der Waals surface area contributed by atoms with Crippen molar-refractivity contribution in [1.82, 2.24) is 4.90 Å². The van der Waals surface area contributed by atoms with Gasteiger partial charge in [-0.2, -0.15) is 0 Å². The molecule has 0 aromatic heterocycles. The van der Waals surface area contributed by atoms with Gasteiger partial charge >= 0.3 is 11.9 Å². The maximum atomic E-state index is 12.4. The summed E-state index contributed by atoms with van der Waals surface area (Å²) in [6.45, 7) is 5.41. The molecule has 0 saturated carbocycles. The number of esters is 2. The van der Waals surface area contributed by atoms with Gasteiger partial charge < -0.3 is 19.7 Å². The zero-order chi connectivity index (χ0) is 17.0. The first-order valence-corrected chi connectivity index (χ1v) is 7.91. The quantitative estimate of drug-likeness (QED) is 0.462. The lowest BCUT2D eigenvalue weighted by atomic mass is 9.76. The average Bonchev–Trinajstić information content (AvgIpc) is 3.06. The van der Waals surface area contributed by atoms with Crippen LogP contribution in [0.1, 0.15) is 27.2 Å². The molecule has 0 aromatic rings. The second-order valence-electron chi connectivity index (χ2n) is 7.00. The monoisotopic (exact) mass is 325 g/mol. The number of nitrogens with zero attached hydrogens (tertiary/aromatic N) is 1. The molecule has 3 aliphatic heterocycles. The number of cyclic esters (lactones) is 1. The maximum Gasteiger partial charge on any atom is 0.341 e. The summed E-state index contributed by atoms with van der Waals surface area (Å²) in [5.41, 5.74) is -3.35. The van der Waals surface area contributed by atoms with E-state index in [-0.39, 0.29) is 18.8 Å². The molecule has 0 radical (unpaired) electrons. The van der Waals surface area contributed by atoms with Gasteiger partial charge in [0.15, 0.2) is 5.60 Å². The number of ether oxygens (including phenoxy) is 2. The number of carbonyl (C=O) groups is 2. The number of carbonyl (C=O) groups excluding carboxylic acids is 2. The van der Waals surface area contributed by atoms with E-state index in [1.54, 1.807) is 0 Å². The molecule has 2 N–H and O–H groups in total. The van der Waals surface area contributed by atoms with Crippen molar-refractivity contribution in [3.63, 3.8) is 0 Å². The highest BCUT2D eigenvalue weighted by molar-refractivity contribution is 5.83. The Morgan fingerprint density at radius 1 is 1.30 bits per heavy atom. The Bertz CT molecular complexity index is 567. The molecule has 2 fully saturated rings. The summed E-state index contributed by atoms with van der Waals surface area (Å²) >= 11 is 0. The summed E-state index contributed by atoms with van der Waals surface area (Å²) in [6.07, 6.45) is 2.34. The van der Waals surface area contributed by atoms with Crippen LogP contribution in [0.15, 0.2) is 11.6 Å². The minimum Gasteiger partial charge on any atom is -0.460 e. The minimum absolute atomic E-state index is 0.0225. The Labute approximate surface area is 134 Å². The fourth-order valence-electron chi connectivity index (χ4n) is 3.52. The average molecular weight is 325 g/mol. The van der Waals surface area contributed by atoms with Crippen LogP contribution in [0.4, 0.5) is 0 Å². The van der Waals surface area contributed by atoms with E-state index in [0.717, 1.165) is 25.6 Å². The molecule has 23 heavy (non-hydrogen) atoms. The van der Waals surface area contributed by atoms with Crippen molar-refractivity contribution in [2.75, 3.05) is 19.7 Å². The largest absolute Gasteiger partial charge is 0.460 e. The molecule has 0 bridgehead atoms. The third-order valence-electron chi connectivity index (χ3n) is 5.63. The number of aliphatic hydroxyl groups is 2. The second kappa shape index (κ2) is 5.29. The molecule has 3 heterocycles. The zero-order valence-corrected chi connectivity index (χ0v) is 13.6. The molecule has 0 spiro atoms. The predicted octanol–water partition coefficient (Wildman–Crippen LogP) is -0.393. The van der Waals surface area contributed by atoms with Gasteiger partial charge in [0.2, 0.25) is 0 Å². The van der Waals surface area contributed by atoms with Gasteiger partial charge in [0.25, 0.3) is 0 Å². The Morgan fingerprint density at radius 2 is 2.00 bits per heavy atom. The van der Waals surface area contributed by atoms with Gasteiger partial charge in [-0.05, 0) is 32.8 Å². The highest BCUT2D eigenvalue weighted by atomic mass is 16.6. The lowest BCUT2D eigenvalue weighted by molar-refractivity contribution is -0.205. The first-order chi connectivity index (χ1) is 10.7. The van der Waals surface area contributed by atoms with Crippen LogP contribution in [0.2, 0.25) is 0 Å². The molecule has 0 aromatic carbocycles. The Hall–Kier alpha value is -1.44. The van der Waals surface area contributed by atoms with Crippen LogP contribution in [0.3, 0.4) is 0 Å². The Balaban J connectivity index is 1.97. The van der Waals surface area contributed by atoms with Gasteiger partial charge in [0.1, 0.15) is 18.3 Å². The van der Waals surface area contributed by atoms with E-state index in [1.807, 2.05) is 6.08 Å². The van der Waals surface area contributed by atoms with E-state index < -0.39 is 29.1 Å². The number of rotatable bonds is 0. The molecular formula is C16H23NO6. The van der Waals surface area contributed by atoms with Crippen molar-refractivity contribution in [2.45, 2.75) is 50.5 Å². The van der Waals surface area contributed by atoms with Crippen LogP contribution in [-0.2, 0) is 19.1 Å². The van der Waals surface area contributed by atoms with Crippen LogP contribution in [-0.4, -0.2) is 70.1 Å². The minimum atomic E-state index is -2.22. The highest BCUT2D eigenvalue weighted by Crippen LogP contribution is 2.36. The van der Waals surface area contributed by atoms with E-state index in [1.165, 1.54) is 13.8 Å². The standard InChI is InChI=1S/C16H23NO6/c1-9-13(18)23-11-5-7-17-6-4-10(12(11)17)8-22-14(19)16(3,21)15(9,2)20/h4,9,11-12,20-21H,5-8H2,1-3H3/t9-,11-,12?,15-,16-/m1/s1. The third kappa shape index (κ3) is 2.38. The lowest BCUT2D eigenvalue weighted by Crippen LogP contribution is -2.61. The summed E-state index contributed by atoms with van der Waals surface area (Å²) in [4.78, 5) is 26.9. The predicted molar refractivity (Wildman–Crippen MR) is 79.3 cm³/mol. The zero-order valence-electron chi connectivity index (χ0n) is 13.6. The van der Waals surface area contributed by atoms with Crippen molar-refractivity contribution >= 4 is 11.9 Å². The molecule has 7 nitrogen and oxygen atoms in total. The number of hydrogen-bond acceptors (Lipinski definition) is 7. The van der Waals surface area contributed by atoms with Crippen molar-refractivity contribution in [1.29, 1.82) is 0 Å². The van der Waals surface area contributed by atoms with Gasteiger partial charge in [-0.3, -0.25) is 9.69 Å².